The van der Waals surface area contributed by atoms with Crippen LogP contribution in [0.5, 0.6) is 0 Å². The first-order chi connectivity index (χ1) is 6.74. The predicted octanol–water partition coefficient (Wildman–Crippen LogP) is 2.11. The van der Waals surface area contributed by atoms with Crippen LogP contribution in [0.4, 0.5) is 4.39 Å². The van der Waals surface area contributed by atoms with Crippen LogP contribution in [-0.4, -0.2) is 10.2 Å². The smallest absolute Gasteiger partial charge is 0.220 e. The Balaban J connectivity index is 2.18. The second-order valence-corrected chi connectivity index (χ2v) is 3.02. The molecule has 14 heavy (non-hydrogen) atoms. The summed E-state index contributed by atoms with van der Waals surface area (Å²) in [4.78, 5) is 0. The van der Waals surface area contributed by atoms with E-state index in [1.807, 2.05) is 6.07 Å². The Bertz CT molecular complexity index is 439. The summed E-state index contributed by atoms with van der Waals surface area (Å²) in [5, 5.41) is 7.53. The maximum Gasteiger partial charge on any atom is 0.220 e. The minimum atomic E-state index is -0.251. The zero-order chi connectivity index (χ0) is 9.97. The van der Waals surface area contributed by atoms with Gasteiger partial charge in [0.25, 0.3) is 0 Å². The van der Waals surface area contributed by atoms with E-state index in [1.54, 1.807) is 13.0 Å². The third-order valence-corrected chi connectivity index (χ3v) is 1.81. The van der Waals surface area contributed by atoms with Gasteiger partial charge in [0.15, 0.2) is 0 Å². The fraction of sp³-hybridized carbons (Fsp3) is 0.200. The summed E-state index contributed by atoms with van der Waals surface area (Å²) >= 11 is 0. The summed E-state index contributed by atoms with van der Waals surface area (Å²) in [6.07, 6.45) is 0.471. The second kappa shape index (κ2) is 3.57. The molecule has 0 bridgehead atoms. The van der Waals surface area contributed by atoms with Crippen LogP contribution in [0.2, 0.25) is 0 Å². The lowest BCUT2D eigenvalue weighted by molar-refractivity contribution is 0.477. The van der Waals surface area contributed by atoms with E-state index in [9.17, 15) is 4.39 Å². The molecule has 0 radical (unpaired) electrons. The fourth-order valence-corrected chi connectivity index (χ4v) is 1.23. The normalized spacial score (nSPS) is 10.4. The zero-order valence-corrected chi connectivity index (χ0v) is 7.70. The van der Waals surface area contributed by atoms with E-state index >= 15 is 0 Å². The van der Waals surface area contributed by atoms with Crippen LogP contribution in [0.1, 0.15) is 17.3 Å². The number of hydrogen-bond acceptors (Lipinski definition) is 3. The highest BCUT2D eigenvalue weighted by Crippen LogP contribution is 2.09. The van der Waals surface area contributed by atoms with E-state index in [0.717, 1.165) is 5.56 Å². The van der Waals surface area contributed by atoms with Crippen molar-refractivity contribution < 1.29 is 8.81 Å². The van der Waals surface area contributed by atoms with Gasteiger partial charge in [-0.05, 0) is 17.7 Å². The van der Waals surface area contributed by atoms with Crippen LogP contribution in [-0.2, 0) is 6.42 Å². The molecular formula is C10H9FN2O. The van der Waals surface area contributed by atoms with E-state index in [2.05, 4.69) is 10.2 Å². The molecule has 0 N–H and O–H groups in total. The third-order valence-electron chi connectivity index (χ3n) is 1.81. The van der Waals surface area contributed by atoms with Crippen LogP contribution in [0.3, 0.4) is 0 Å². The topological polar surface area (TPSA) is 38.9 Å². The molecule has 0 aliphatic rings. The first-order valence-electron chi connectivity index (χ1n) is 4.27. The third kappa shape index (κ3) is 1.96. The molecule has 4 heteroatoms. The van der Waals surface area contributed by atoms with Gasteiger partial charge in [-0.25, -0.2) is 4.39 Å². The Labute approximate surface area is 80.6 Å². The molecule has 0 aliphatic heterocycles. The van der Waals surface area contributed by atoms with Crippen molar-refractivity contribution in [1.29, 1.82) is 0 Å². The lowest BCUT2D eigenvalue weighted by Crippen LogP contribution is -1.89. The number of hydrogen-bond donors (Lipinski definition) is 0. The number of nitrogens with zero attached hydrogens (tertiary/aromatic N) is 2. The Hall–Kier alpha value is -1.71. The van der Waals surface area contributed by atoms with Gasteiger partial charge < -0.3 is 4.42 Å². The van der Waals surface area contributed by atoms with Crippen molar-refractivity contribution in [2.75, 3.05) is 0 Å². The maximum absolute atomic E-state index is 12.8. The van der Waals surface area contributed by atoms with Gasteiger partial charge in [-0.15, -0.1) is 10.2 Å². The monoisotopic (exact) mass is 192 g/mol. The van der Waals surface area contributed by atoms with Crippen LogP contribution in [0, 0.1) is 12.7 Å². The molecule has 3 nitrogen and oxygen atoms in total. The summed E-state index contributed by atoms with van der Waals surface area (Å²) in [6.45, 7) is 1.72. The standard InChI is InChI=1S/C10H9FN2O/c1-7-12-13-10(14-7)6-8-3-2-4-9(11)5-8/h2-5H,6H2,1H3. The molecule has 1 heterocycles. The van der Waals surface area contributed by atoms with Crippen molar-refractivity contribution in [3.8, 4) is 0 Å². The average molecular weight is 192 g/mol. The SMILES string of the molecule is Cc1nnc(Cc2cccc(F)c2)o1. The van der Waals surface area contributed by atoms with Crippen LogP contribution >= 0.6 is 0 Å². The average Bonchev–Trinajstić information content (AvgIpc) is 2.51. The lowest BCUT2D eigenvalue weighted by Gasteiger charge is -1.95. The van der Waals surface area contributed by atoms with Crippen molar-refractivity contribution in [3.05, 3.63) is 47.4 Å². The van der Waals surface area contributed by atoms with Gasteiger partial charge in [-0.3, -0.25) is 0 Å². The minimum Gasteiger partial charge on any atom is -0.425 e. The van der Waals surface area contributed by atoms with Gasteiger partial charge in [0.05, 0.1) is 6.42 Å². The van der Waals surface area contributed by atoms with Gasteiger partial charge in [-0.1, -0.05) is 12.1 Å². The number of benzene rings is 1. The molecule has 2 rings (SSSR count). The van der Waals surface area contributed by atoms with Gasteiger partial charge in [0.2, 0.25) is 11.8 Å². The summed E-state index contributed by atoms with van der Waals surface area (Å²) < 4.78 is 18.0. The van der Waals surface area contributed by atoms with Crippen molar-refractivity contribution in [1.82, 2.24) is 10.2 Å². The van der Waals surface area contributed by atoms with Crippen LogP contribution in [0.15, 0.2) is 28.7 Å². The van der Waals surface area contributed by atoms with E-state index in [-0.39, 0.29) is 5.82 Å². The quantitative estimate of drug-likeness (QED) is 0.731. The molecule has 0 saturated heterocycles. The Morgan fingerprint density at radius 1 is 1.36 bits per heavy atom. The van der Waals surface area contributed by atoms with Gasteiger partial charge in [0.1, 0.15) is 5.82 Å². The highest BCUT2D eigenvalue weighted by atomic mass is 19.1. The predicted molar refractivity (Wildman–Crippen MR) is 48.2 cm³/mol. The Morgan fingerprint density at radius 3 is 2.86 bits per heavy atom. The number of aryl methyl sites for hydroxylation is 1. The van der Waals surface area contributed by atoms with Crippen molar-refractivity contribution in [2.24, 2.45) is 0 Å². The maximum atomic E-state index is 12.8. The molecule has 0 saturated carbocycles. The zero-order valence-electron chi connectivity index (χ0n) is 7.70. The molecule has 1 aromatic heterocycles. The van der Waals surface area contributed by atoms with Crippen molar-refractivity contribution in [2.45, 2.75) is 13.3 Å². The van der Waals surface area contributed by atoms with Crippen molar-refractivity contribution >= 4 is 0 Å². The molecule has 0 amide bonds. The van der Waals surface area contributed by atoms with E-state index in [1.165, 1.54) is 12.1 Å². The second-order valence-electron chi connectivity index (χ2n) is 3.02. The highest BCUT2D eigenvalue weighted by molar-refractivity contribution is 5.19. The lowest BCUT2D eigenvalue weighted by atomic mass is 10.1. The first-order valence-corrected chi connectivity index (χ1v) is 4.27. The Morgan fingerprint density at radius 2 is 2.21 bits per heavy atom. The minimum absolute atomic E-state index is 0.251. The molecular weight excluding hydrogens is 183 g/mol. The Kier molecular flexibility index (Phi) is 2.26. The van der Waals surface area contributed by atoms with Gasteiger partial charge in [0, 0.05) is 6.92 Å². The molecule has 0 spiro atoms. The molecule has 0 unspecified atom stereocenters. The summed E-state index contributed by atoms with van der Waals surface area (Å²) in [6, 6.07) is 6.35. The first kappa shape index (κ1) is 8.87. The van der Waals surface area contributed by atoms with E-state index in [4.69, 9.17) is 4.42 Å². The van der Waals surface area contributed by atoms with E-state index < -0.39 is 0 Å². The molecule has 0 aliphatic carbocycles. The van der Waals surface area contributed by atoms with Crippen molar-refractivity contribution in [3.63, 3.8) is 0 Å². The summed E-state index contributed by atoms with van der Waals surface area (Å²) in [7, 11) is 0. The summed E-state index contributed by atoms with van der Waals surface area (Å²) in [5.41, 5.74) is 0.827. The molecule has 0 fully saturated rings. The number of halogens is 1. The molecule has 72 valence electrons. The van der Waals surface area contributed by atoms with E-state index in [0.29, 0.717) is 18.2 Å². The summed E-state index contributed by atoms with van der Waals surface area (Å²) in [5.74, 6) is 0.781. The largest absolute Gasteiger partial charge is 0.425 e. The fourth-order valence-electron chi connectivity index (χ4n) is 1.23. The molecule has 2 aromatic rings. The number of aromatic nitrogens is 2. The van der Waals surface area contributed by atoms with Crippen LogP contribution in [0.25, 0.3) is 0 Å². The van der Waals surface area contributed by atoms with Crippen LogP contribution < -0.4 is 0 Å². The molecule has 1 aromatic carbocycles. The van der Waals surface area contributed by atoms with Gasteiger partial charge >= 0.3 is 0 Å². The molecule has 0 atom stereocenters. The highest BCUT2D eigenvalue weighted by Gasteiger charge is 2.03. The van der Waals surface area contributed by atoms with Gasteiger partial charge in [-0.2, -0.15) is 0 Å². The number of rotatable bonds is 2.